The largest absolute Gasteiger partial charge is 0.396 e. The molecule has 122 valence electrons. The van der Waals surface area contributed by atoms with Gasteiger partial charge in [-0.2, -0.15) is 0 Å². The Labute approximate surface area is 132 Å². The number of aliphatic hydroxyl groups is 1. The molecule has 0 aliphatic rings. The number of para-hydroxylation sites is 1. The van der Waals surface area contributed by atoms with Crippen LogP contribution in [-0.4, -0.2) is 29.6 Å². The summed E-state index contributed by atoms with van der Waals surface area (Å²) in [6.45, 7) is 7.88. The molecule has 5 heteroatoms. The molecule has 0 saturated heterocycles. The van der Waals surface area contributed by atoms with E-state index in [-0.39, 0.29) is 18.6 Å². The number of nitrogens with one attached hydrogen (secondary N) is 2. The highest BCUT2D eigenvalue weighted by molar-refractivity contribution is 6.39. The molecule has 3 N–H and O–H groups in total. The van der Waals surface area contributed by atoms with Gasteiger partial charge in [-0.1, -0.05) is 32.0 Å². The van der Waals surface area contributed by atoms with E-state index in [2.05, 4.69) is 10.6 Å². The molecule has 0 bridgehead atoms. The van der Waals surface area contributed by atoms with E-state index in [4.69, 9.17) is 5.11 Å². The maximum Gasteiger partial charge on any atom is 0.313 e. The van der Waals surface area contributed by atoms with Crippen molar-refractivity contribution in [1.29, 1.82) is 0 Å². The van der Waals surface area contributed by atoms with Gasteiger partial charge in [-0.25, -0.2) is 0 Å². The first-order valence-electron chi connectivity index (χ1n) is 7.69. The topological polar surface area (TPSA) is 78.4 Å². The van der Waals surface area contributed by atoms with Crippen LogP contribution < -0.4 is 10.6 Å². The van der Waals surface area contributed by atoms with Crippen LogP contribution in [0, 0.1) is 6.92 Å². The molecule has 0 aromatic heterocycles. The zero-order chi connectivity index (χ0) is 16.7. The molecule has 2 amide bonds. The highest BCUT2D eigenvalue weighted by Crippen LogP contribution is 2.27. The number of rotatable bonds is 6. The quantitative estimate of drug-likeness (QED) is 0.706. The van der Waals surface area contributed by atoms with E-state index in [0.717, 1.165) is 11.1 Å². The molecule has 5 nitrogen and oxygen atoms in total. The normalized spacial score (nSPS) is 12.1. The average Bonchev–Trinajstić information content (AvgIpc) is 2.46. The Balaban J connectivity index is 2.74. The third-order valence-electron chi connectivity index (χ3n) is 3.54. The van der Waals surface area contributed by atoms with Gasteiger partial charge in [0.2, 0.25) is 0 Å². The summed E-state index contributed by atoms with van der Waals surface area (Å²) in [7, 11) is 0. The summed E-state index contributed by atoms with van der Waals surface area (Å²) in [4.78, 5) is 24.0. The standard InChI is InChI=1S/C17H26N2O3/c1-11(2)14-9-5-7-12(3)15(14)19-17(22)16(21)18-13(4)8-6-10-20/h5,7,9,11,13,20H,6,8,10H2,1-4H3,(H,18,21)(H,19,22). The van der Waals surface area contributed by atoms with Crippen molar-refractivity contribution in [1.82, 2.24) is 5.32 Å². The lowest BCUT2D eigenvalue weighted by Gasteiger charge is -2.17. The van der Waals surface area contributed by atoms with Crippen LogP contribution in [0.25, 0.3) is 0 Å². The number of benzene rings is 1. The van der Waals surface area contributed by atoms with E-state index in [1.54, 1.807) is 0 Å². The second-order valence-corrected chi connectivity index (χ2v) is 5.89. The lowest BCUT2D eigenvalue weighted by Crippen LogP contribution is -2.40. The molecule has 1 unspecified atom stereocenters. The molecule has 0 radical (unpaired) electrons. The van der Waals surface area contributed by atoms with Crippen LogP contribution in [0.1, 0.15) is 50.7 Å². The summed E-state index contributed by atoms with van der Waals surface area (Å²) >= 11 is 0. The summed E-state index contributed by atoms with van der Waals surface area (Å²) in [6, 6.07) is 5.65. The Kier molecular flexibility index (Phi) is 7.05. The molecular weight excluding hydrogens is 280 g/mol. The molecule has 0 aliphatic heterocycles. The van der Waals surface area contributed by atoms with Gasteiger partial charge in [-0.3, -0.25) is 9.59 Å². The van der Waals surface area contributed by atoms with Gasteiger partial charge < -0.3 is 15.7 Å². The smallest absolute Gasteiger partial charge is 0.313 e. The van der Waals surface area contributed by atoms with Crippen LogP contribution >= 0.6 is 0 Å². The van der Waals surface area contributed by atoms with Crippen molar-refractivity contribution in [3.05, 3.63) is 29.3 Å². The van der Waals surface area contributed by atoms with Crippen molar-refractivity contribution in [2.24, 2.45) is 0 Å². The van der Waals surface area contributed by atoms with Crippen LogP contribution in [0.15, 0.2) is 18.2 Å². The van der Waals surface area contributed by atoms with Crippen molar-refractivity contribution in [2.45, 2.75) is 52.5 Å². The van der Waals surface area contributed by atoms with Gasteiger partial charge in [-0.15, -0.1) is 0 Å². The van der Waals surface area contributed by atoms with Gasteiger partial charge >= 0.3 is 11.8 Å². The molecule has 1 aromatic carbocycles. The molecule has 0 saturated carbocycles. The molecule has 0 heterocycles. The fraction of sp³-hybridized carbons (Fsp3) is 0.529. The van der Waals surface area contributed by atoms with Gasteiger partial charge in [0, 0.05) is 18.3 Å². The number of aliphatic hydroxyl groups excluding tert-OH is 1. The molecule has 1 atom stereocenters. The van der Waals surface area contributed by atoms with Crippen molar-refractivity contribution >= 4 is 17.5 Å². The fourth-order valence-electron chi connectivity index (χ4n) is 2.27. The maximum absolute atomic E-state index is 12.1. The van der Waals surface area contributed by atoms with E-state index in [0.29, 0.717) is 18.5 Å². The van der Waals surface area contributed by atoms with Crippen LogP contribution in [0.3, 0.4) is 0 Å². The Hall–Kier alpha value is -1.88. The Bertz CT molecular complexity index is 527. The summed E-state index contributed by atoms with van der Waals surface area (Å²) in [5, 5.41) is 14.1. The first-order valence-corrected chi connectivity index (χ1v) is 7.69. The minimum absolute atomic E-state index is 0.0768. The van der Waals surface area contributed by atoms with E-state index in [1.807, 2.05) is 45.9 Å². The summed E-state index contributed by atoms with van der Waals surface area (Å²) in [5.41, 5.74) is 2.65. The number of aryl methyl sites for hydroxylation is 1. The van der Waals surface area contributed by atoms with Crippen LogP contribution in [0.4, 0.5) is 5.69 Å². The first-order chi connectivity index (χ1) is 10.4. The van der Waals surface area contributed by atoms with Crippen molar-refractivity contribution < 1.29 is 14.7 Å². The lowest BCUT2D eigenvalue weighted by atomic mass is 9.98. The maximum atomic E-state index is 12.1. The Morgan fingerprint density at radius 1 is 1.18 bits per heavy atom. The van der Waals surface area contributed by atoms with E-state index < -0.39 is 11.8 Å². The highest BCUT2D eigenvalue weighted by atomic mass is 16.3. The van der Waals surface area contributed by atoms with Gasteiger partial charge in [-0.05, 0) is 43.7 Å². The second kappa shape index (κ2) is 8.54. The average molecular weight is 306 g/mol. The van der Waals surface area contributed by atoms with Crippen molar-refractivity contribution in [3.63, 3.8) is 0 Å². The number of anilines is 1. The van der Waals surface area contributed by atoms with Crippen LogP contribution in [0.2, 0.25) is 0 Å². The Morgan fingerprint density at radius 3 is 2.45 bits per heavy atom. The summed E-state index contributed by atoms with van der Waals surface area (Å²) < 4.78 is 0. The molecule has 22 heavy (non-hydrogen) atoms. The van der Waals surface area contributed by atoms with Crippen LogP contribution in [-0.2, 0) is 9.59 Å². The predicted octanol–water partition coefficient (Wildman–Crippen LogP) is 2.33. The fourth-order valence-corrected chi connectivity index (χ4v) is 2.27. The zero-order valence-electron chi connectivity index (χ0n) is 13.8. The highest BCUT2D eigenvalue weighted by Gasteiger charge is 2.19. The van der Waals surface area contributed by atoms with Crippen LogP contribution in [0.5, 0.6) is 0 Å². The van der Waals surface area contributed by atoms with E-state index >= 15 is 0 Å². The minimum Gasteiger partial charge on any atom is -0.396 e. The zero-order valence-corrected chi connectivity index (χ0v) is 13.8. The number of amides is 2. The van der Waals surface area contributed by atoms with Crippen molar-refractivity contribution in [3.8, 4) is 0 Å². The van der Waals surface area contributed by atoms with Crippen molar-refractivity contribution in [2.75, 3.05) is 11.9 Å². The lowest BCUT2D eigenvalue weighted by molar-refractivity contribution is -0.136. The van der Waals surface area contributed by atoms with Gasteiger partial charge in [0.15, 0.2) is 0 Å². The van der Waals surface area contributed by atoms with Gasteiger partial charge in [0.05, 0.1) is 0 Å². The van der Waals surface area contributed by atoms with Gasteiger partial charge in [0.1, 0.15) is 0 Å². The monoisotopic (exact) mass is 306 g/mol. The number of hydrogen-bond acceptors (Lipinski definition) is 3. The number of hydrogen-bond donors (Lipinski definition) is 3. The first kappa shape index (κ1) is 18.2. The predicted molar refractivity (Wildman–Crippen MR) is 87.8 cm³/mol. The molecule has 0 aliphatic carbocycles. The second-order valence-electron chi connectivity index (χ2n) is 5.89. The number of carbonyl (C=O) groups is 2. The summed E-state index contributed by atoms with van der Waals surface area (Å²) in [6.07, 6.45) is 1.23. The molecule has 0 spiro atoms. The summed E-state index contributed by atoms with van der Waals surface area (Å²) in [5.74, 6) is -1.06. The Morgan fingerprint density at radius 2 is 1.86 bits per heavy atom. The molecule has 1 rings (SSSR count). The minimum atomic E-state index is -0.660. The third kappa shape index (κ3) is 5.15. The SMILES string of the molecule is Cc1cccc(C(C)C)c1NC(=O)C(=O)NC(C)CCCO. The molecule has 0 fully saturated rings. The van der Waals surface area contributed by atoms with Gasteiger partial charge in [0.25, 0.3) is 0 Å². The molecule has 1 aromatic rings. The molecular formula is C17H26N2O3. The number of carbonyl (C=O) groups excluding carboxylic acids is 2. The third-order valence-corrected chi connectivity index (χ3v) is 3.54. The van der Waals surface area contributed by atoms with E-state index in [9.17, 15) is 9.59 Å². The van der Waals surface area contributed by atoms with E-state index in [1.165, 1.54) is 0 Å².